The summed E-state index contributed by atoms with van der Waals surface area (Å²) >= 11 is 3.82. The number of thiazole rings is 1. The third kappa shape index (κ3) is 3.64. The second-order valence-electron chi connectivity index (χ2n) is 5.31. The molecule has 0 aliphatic heterocycles. The lowest BCUT2D eigenvalue weighted by Crippen LogP contribution is -2.15. The highest BCUT2D eigenvalue weighted by atomic mass is 32.2. The SMILES string of the molecule is CCOc1ccc2nc(NC3CCC(SCC)C3)sc2c1. The van der Waals surface area contributed by atoms with Gasteiger partial charge in [0.15, 0.2) is 5.13 Å². The standard InChI is InChI=1S/C16H22N2OS2/c1-3-19-12-6-8-14-15(10-12)21-16(18-14)17-11-5-7-13(9-11)20-4-2/h6,8,10-11,13H,3-5,7,9H2,1-2H3,(H,17,18). The smallest absolute Gasteiger partial charge is 0.184 e. The molecule has 3 nitrogen and oxygen atoms in total. The monoisotopic (exact) mass is 322 g/mol. The average Bonchev–Trinajstić information content (AvgIpc) is 3.06. The Morgan fingerprint density at radius 1 is 1.38 bits per heavy atom. The van der Waals surface area contributed by atoms with E-state index in [0.717, 1.165) is 21.6 Å². The molecule has 1 aliphatic rings. The van der Waals surface area contributed by atoms with E-state index in [9.17, 15) is 0 Å². The van der Waals surface area contributed by atoms with Crippen molar-refractivity contribution in [1.29, 1.82) is 0 Å². The van der Waals surface area contributed by atoms with Gasteiger partial charge in [-0.15, -0.1) is 0 Å². The summed E-state index contributed by atoms with van der Waals surface area (Å²) in [6.07, 6.45) is 3.85. The predicted octanol–water partition coefficient (Wildman–Crippen LogP) is 4.78. The molecule has 1 fully saturated rings. The first kappa shape index (κ1) is 15.0. The zero-order valence-corrected chi connectivity index (χ0v) is 14.2. The molecule has 0 saturated heterocycles. The number of fused-ring (bicyclic) bond motifs is 1. The van der Waals surface area contributed by atoms with Crippen LogP contribution < -0.4 is 10.1 Å². The summed E-state index contributed by atoms with van der Waals surface area (Å²) in [7, 11) is 0. The Morgan fingerprint density at radius 2 is 2.29 bits per heavy atom. The summed E-state index contributed by atoms with van der Waals surface area (Å²) in [5, 5.41) is 5.50. The number of thioether (sulfide) groups is 1. The zero-order valence-electron chi connectivity index (χ0n) is 12.6. The first-order chi connectivity index (χ1) is 10.3. The molecule has 0 bridgehead atoms. The van der Waals surface area contributed by atoms with Crippen LogP contribution in [0.2, 0.25) is 0 Å². The van der Waals surface area contributed by atoms with E-state index >= 15 is 0 Å². The quantitative estimate of drug-likeness (QED) is 0.830. The number of aromatic nitrogens is 1. The van der Waals surface area contributed by atoms with Crippen molar-refractivity contribution in [3.05, 3.63) is 18.2 Å². The summed E-state index contributed by atoms with van der Waals surface area (Å²) in [6, 6.07) is 6.72. The van der Waals surface area contributed by atoms with Crippen LogP contribution in [0.3, 0.4) is 0 Å². The van der Waals surface area contributed by atoms with E-state index < -0.39 is 0 Å². The molecule has 3 rings (SSSR count). The van der Waals surface area contributed by atoms with Crippen molar-refractivity contribution in [2.75, 3.05) is 17.7 Å². The second-order valence-corrected chi connectivity index (χ2v) is 7.92. The van der Waals surface area contributed by atoms with Crippen LogP contribution in [-0.4, -0.2) is 28.6 Å². The van der Waals surface area contributed by atoms with Gasteiger partial charge in [-0.3, -0.25) is 0 Å². The fourth-order valence-electron chi connectivity index (χ4n) is 2.86. The summed E-state index contributed by atoms with van der Waals surface area (Å²) in [6.45, 7) is 4.96. The van der Waals surface area contributed by atoms with Gasteiger partial charge in [0.2, 0.25) is 0 Å². The van der Waals surface area contributed by atoms with E-state index in [0.29, 0.717) is 12.6 Å². The van der Waals surface area contributed by atoms with Gasteiger partial charge >= 0.3 is 0 Å². The van der Waals surface area contributed by atoms with Crippen molar-refractivity contribution in [3.8, 4) is 5.75 Å². The van der Waals surface area contributed by atoms with Crippen molar-refractivity contribution in [1.82, 2.24) is 4.98 Å². The normalized spacial score (nSPS) is 21.8. The number of hydrogen-bond donors (Lipinski definition) is 1. The minimum atomic E-state index is 0.584. The number of nitrogens with zero attached hydrogens (tertiary/aromatic N) is 1. The number of ether oxygens (including phenoxy) is 1. The van der Waals surface area contributed by atoms with Crippen LogP contribution in [0.1, 0.15) is 33.1 Å². The van der Waals surface area contributed by atoms with Gasteiger partial charge in [0.25, 0.3) is 0 Å². The molecule has 1 aromatic heterocycles. The number of rotatable bonds is 6. The molecule has 5 heteroatoms. The Hall–Kier alpha value is -0.940. The van der Waals surface area contributed by atoms with Crippen LogP contribution in [0.4, 0.5) is 5.13 Å². The molecule has 114 valence electrons. The molecular weight excluding hydrogens is 300 g/mol. The van der Waals surface area contributed by atoms with Crippen LogP contribution in [0.15, 0.2) is 18.2 Å². The van der Waals surface area contributed by atoms with Crippen LogP contribution in [0.5, 0.6) is 5.75 Å². The highest BCUT2D eigenvalue weighted by Gasteiger charge is 2.25. The zero-order chi connectivity index (χ0) is 14.7. The number of benzene rings is 1. The lowest BCUT2D eigenvalue weighted by atomic mass is 10.3. The molecule has 2 unspecified atom stereocenters. The average molecular weight is 322 g/mol. The maximum absolute atomic E-state index is 5.55. The molecule has 1 N–H and O–H groups in total. The summed E-state index contributed by atoms with van der Waals surface area (Å²) < 4.78 is 6.75. The van der Waals surface area contributed by atoms with Crippen molar-refractivity contribution >= 4 is 38.4 Å². The Bertz CT molecular complexity index is 599. The molecule has 1 aliphatic carbocycles. The predicted molar refractivity (Wildman–Crippen MR) is 94.0 cm³/mol. The highest BCUT2D eigenvalue weighted by Crippen LogP contribution is 2.34. The Balaban J connectivity index is 1.67. The molecule has 21 heavy (non-hydrogen) atoms. The first-order valence-corrected chi connectivity index (χ1v) is 9.56. The van der Waals surface area contributed by atoms with Crippen molar-refractivity contribution < 1.29 is 4.74 Å². The largest absolute Gasteiger partial charge is 0.494 e. The molecule has 2 aromatic rings. The van der Waals surface area contributed by atoms with Crippen molar-refractivity contribution in [2.24, 2.45) is 0 Å². The minimum Gasteiger partial charge on any atom is -0.494 e. The van der Waals surface area contributed by atoms with E-state index in [-0.39, 0.29) is 0 Å². The third-order valence-electron chi connectivity index (χ3n) is 3.79. The van der Waals surface area contributed by atoms with Gasteiger partial charge in [0.1, 0.15) is 5.75 Å². The van der Waals surface area contributed by atoms with Crippen LogP contribution in [0.25, 0.3) is 10.2 Å². The fraction of sp³-hybridized carbons (Fsp3) is 0.562. The molecular formula is C16H22N2OS2. The highest BCUT2D eigenvalue weighted by molar-refractivity contribution is 7.99. The lowest BCUT2D eigenvalue weighted by Gasteiger charge is -2.11. The van der Waals surface area contributed by atoms with E-state index in [1.54, 1.807) is 11.3 Å². The van der Waals surface area contributed by atoms with Gasteiger partial charge in [-0.25, -0.2) is 4.98 Å². The van der Waals surface area contributed by atoms with Crippen LogP contribution >= 0.6 is 23.1 Å². The number of hydrogen-bond acceptors (Lipinski definition) is 5. The molecule has 0 spiro atoms. The topological polar surface area (TPSA) is 34.1 Å². The second kappa shape index (κ2) is 6.88. The number of anilines is 1. The molecule has 1 aromatic carbocycles. The molecule has 0 radical (unpaired) electrons. The maximum atomic E-state index is 5.55. The lowest BCUT2D eigenvalue weighted by molar-refractivity contribution is 0.341. The summed E-state index contributed by atoms with van der Waals surface area (Å²) in [5.41, 5.74) is 1.06. The van der Waals surface area contributed by atoms with Gasteiger partial charge in [-0.2, -0.15) is 11.8 Å². The van der Waals surface area contributed by atoms with Crippen molar-refractivity contribution in [3.63, 3.8) is 0 Å². The Morgan fingerprint density at radius 3 is 3.10 bits per heavy atom. The van der Waals surface area contributed by atoms with Crippen LogP contribution in [-0.2, 0) is 0 Å². The third-order valence-corrected chi connectivity index (χ3v) is 5.97. The van der Waals surface area contributed by atoms with Gasteiger partial charge in [-0.05, 0) is 50.1 Å². The maximum Gasteiger partial charge on any atom is 0.184 e. The molecule has 0 amide bonds. The Kier molecular flexibility index (Phi) is 4.91. The van der Waals surface area contributed by atoms with Gasteiger partial charge < -0.3 is 10.1 Å². The Labute approximate surface area is 134 Å². The number of nitrogens with one attached hydrogen (secondary N) is 1. The molecule has 2 atom stereocenters. The van der Waals surface area contributed by atoms with Gasteiger partial charge in [0, 0.05) is 11.3 Å². The van der Waals surface area contributed by atoms with Gasteiger partial charge in [-0.1, -0.05) is 18.3 Å². The summed E-state index contributed by atoms with van der Waals surface area (Å²) in [5.74, 6) is 2.15. The van der Waals surface area contributed by atoms with Gasteiger partial charge in [0.05, 0.1) is 16.8 Å². The fourth-order valence-corrected chi connectivity index (χ4v) is 4.97. The first-order valence-electron chi connectivity index (χ1n) is 7.70. The van der Waals surface area contributed by atoms with E-state index in [1.807, 2.05) is 19.1 Å². The molecule has 1 saturated carbocycles. The summed E-state index contributed by atoms with van der Waals surface area (Å²) in [4.78, 5) is 4.69. The van der Waals surface area contributed by atoms with E-state index in [2.05, 4.69) is 30.1 Å². The van der Waals surface area contributed by atoms with Crippen LogP contribution in [0, 0.1) is 0 Å². The van der Waals surface area contributed by atoms with E-state index in [1.165, 1.54) is 29.7 Å². The molecule has 1 heterocycles. The van der Waals surface area contributed by atoms with E-state index in [4.69, 9.17) is 9.72 Å². The minimum absolute atomic E-state index is 0.584. The van der Waals surface area contributed by atoms with Crippen molar-refractivity contribution in [2.45, 2.75) is 44.4 Å².